The largest absolute Gasteiger partial charge is 0.493 e. The van der Waals surface area contributed by atoms with Crippen molar-refractivity contribution in [3.05, 3.63) is 66.4 Å². The molecule has 1 aliphatic carbocycles. The molecule has 0 saturated heterocycles. The number of hydrogen-bond acceptors (Lipinski definition) is 7. The van der Waals surface area contributed by atoms with Crippen LogP contribution < -0.4 is 25.3 Å². The highest BCUT2D eigenvalue weighted by Gasteiger charge is 2.48. The summed E-state index contributed by atoms with van der Waals surface area (Å²) in [6.07, 6.45) is 2.22. The molecule has 1 fully saturated rings. The number of ether oxygens (including phenoxy) is 4. The number of fused-ring (bicyclic) bond motifs is 2. The number of carbonyl (C=O) groups is 2. The van der Waals surface area contributed by atoms with E-state index in [-0.39, 0.29) is 12.5 Å². The first-order valence-corrected chi connectivity index (χ1v) is 11.4. The number of nitrogens with zero attached hydrogens (tertiary/aromatic N) is 1. The van der Waals surface area contributed by atoms with Gasteiger partial charge in [0.25, 0.3) is 5.91 Å². The van der Waals surface area contributed by atoms with Gasteiger partial charge >= 0.3 is 6.09 Å². The summed E-state index contributed by atoms with van der Waals surface area (Å²) in [5, 5.41) is 5.11. The molecule has 1 heterocycles. The van der Waals surface area contributed by atoms with Crippen molar-refractivity contribution in [1.82, 2.24) is 10.3 Å². The summed E-state index contributed by atoms with van der Waals surface area (Å²) in [5.74, 6) is 2.02. The lowest BCUT2D eigenvalue weighted by Gasteiger charge is -2.18. The molecule has 5 rings (SSSR count). The van der Waals surface area contributed by atoms with E-state index in [1.54, 1.807) is 44.6 Å². The van der Waals surface area contributed by atoms with Gasteiger partial charge in [-0.1, -0.05) is 12.1 Å². The minimum absolute atomic E-state index is 0.145. The topological polar surface area (TPSA) is 122 Å². The van der Waals surface area contributed by atoms with E-state index in [0.29, 0.717) is 46.9 Å². The normalized spacial score (nSPS) is 13.7. The number of primary amides is 1. The fourth-order valence-electron chi connectivity index (χ4n) is 4.11. The first-order valence-electron chi connectivity index (χ1n) is 11.4. The molecular formula is C27H25N3O6. The molecular weight excluding hydrogens is 462 g/mol. The van der Waals surface area contributed by atoms with Crippen molar-refractivity contribution in [2.24, 2.45) is 5.73 Å². The molecule has 0 radical (unpaired) electrons. The zero-order valence-corrected chi connectivity index (χ0v) is 19.9. The van der Waals surface area contributed by atoms with E-state index in [2.05, 4.69) is 10.3 Å². The molecule has 36 heavy (non-hydrogen) atoms. The second kappa shape index (κ2) is 9.26. The maximum atomic E-state index is 12.2. The summed E-state index contributed by atoms with van der Waals surface area (Å²) >= 11 is 0. The van der Waals surface area contributed by atoms with Gasteiger partial charge in [-0.05, 0) is 60.0 Å². The third-order valence-corrected chi connectivity index (χ3v) is 6.15. The molecule has 0 atom stereocenters. The van der Waals surface area contributed by atoms with Crippen molar-refractivity contribution < 1.29 is 28.5 Å². The van der Waals surface area contributed by atoms with Crippen LogP contribution in [-0.2, 0) is 4.74 Å². The molecule has 1 aromatic heterocycles. The van der Waals surface area contributed by atoms with Gasteiger partial charge in [-0.25, -0.2) is 4.79 Å². The summed E-state index contributed by atoms with van der Waals surface area (Å²) < 4.78 is 22.9. The third kappa shape index (κ3) is 4.55. The molecule has 2 amide bonds. The number of nitrogens with one attached hydrogen (secondary N) is 1. The Labute approximate surface area is 207 Å². The predicted molar refractivity (Wildman–Crippen MR) is 134 cm³/mol. The highest BCUT2D eigenvalue weighted by Crippen LogP contribution is 2.42. The molecule has 1 aliphatic rings. The van der Waals surface area contributed by atoms with Crippen LogP contribution in [0.4, 0.5) is 4.79 Å². The Morgan fingerprint density at radius 3 is 2.58 bits per heavy atom. The van der Waals surface area contributed by atoms with Gasteiger partial charge in [0, 0.05) is 30.3 Å². The second-order valence-corrected chi connectivity index (χ2v) is 8.59. The average molecular weight is 488 g/mol. The molecule has 0 bridgehead atoms. The summed E-state index contributed by atoms with van der Waals surface area (Å²) in [5.41, 5.74) is 5.73. The average Bonchev–Trinajstić information content (AvgIpc) is 3.64. The number of aromatic nitrogens is 1. The van der Waals surface area contributed by atoms with Crippen molar-refractivity contribution in [3.63, 3.8) is 0 Å². The maximum absolute atomic E-state index is 12.2. The summed E-state index contributed by atoms with van der Waals surface area (Å²) in [6.45, 7) is 0.170. The smallest absolute Gasteiger partial charge is 0.405 e. The number of methoxy groups -OCH3 is 1. The molecule has 9 nitrogen and oxygen atoms in total. The van der Waals surface area contributed by atoms with Gasteiger partial charge in [0.05, 0.1) is 12.6 Å². The second-order valence-electron chi connectivity index (χ2n) is 8.59. The molecule has 3 aromatic carbocycles. The monoisotopic (exact) mass is 487 g/mol. The van der Waals surface area contributed by atoms with E-state index in [9.17, 15) is 9.59 Å². The van der Waals surface area contributed by atoms with Gasteiger partial charge in [0.1, 0.15) is 23.7 Å². The van der Waals surface area contributed by atoms with Crippen LogP contribution in [-0.4, -0.2) is 43.3 Å². The van der Waals surface area contributed by atoms with E-state index in [4.69, 9.17) is 24.7 Å². The van der Waals surface area contributed by atoms with Crippen molar-refractivity contribution in [1.29, 1.82) is 0 Å². The van der Waals surface area contributed by atoms with E-state index in [0.717, 1.165) is 16.2 Å². The number of hydrogen-bond donors (Lipinski definition) is 2. The van der Waals surface area contributed by atoms with Crippen LogP contribution in [0.1, 0.15) is 23.2 Å². The Kier molecular flexibility index (Phi) is 5.97. The molecule has 1 saturated carbocycles. The van der Waals surface area contributed by atoms with E-state index in [1.165, 1.54) is 0 Å². The summed E-state index contributed by atoms with van der Waals surface area (Å²) in [6, 6.07) is 16.5. The predicted octanol–water partition coefficient (Wildman–Crippen LogP) is 4.56. The van der Waals surface area contributed by atoms with Crippen molar-refractivity contribution in [3.8, 4) is 23.0 Å². The fraction of sp³-hybridized carbons (Fsp3) is 0.222. The number of pyridine rings is 1. The van der Waals surface area contributed by atoms with E-state index in [1.807, 2.05) is 30.3 Å². The first kappa shape index (κ1) is 23.2. The molecule has 0 unspecified atom stereocenters. The van der Waals surface area contributed by atoms with Crippen LogP contribution in [0, 0.1) is 0 Å². The van der Waals surface area contributed by atoms with E-state index < -0.39 is 11.7 Å². The Morgan fingerprint density at radius 1 is 1.03 bits per heavy atom. The van der Waals surface area contributed by atoms with Crippen LogP contribution in [0.5, 0.6) is 23.0 Å². The number of nitrogens with two attached hydrogens (primary N) is 1. The van der Waals surface area contributed by atoms with Crippen LogP contribution >= 0.6 is 0 Å². The van der Waals surface area contributed by atoms with Crippen molar-refractivity contribution >= 4 is 33.7 Å². The number of benzene rings is 3. The highest BCUT2D eigenvalue weighted by atomic mass is 16.6. The van der Waals surface area contributed by atoms with Gasteiger partial charge in [-0.15, -0.1) is 0 Å². The van der Waals surface area contributed by atoms with Gasteiger partial charge in [-0.3, -0.25) is 9.78 Å². The lowest BCUT2D eigenvalue weighted by Crippen LogP contribution is -2.29. The molecule has 3 N–H and O–H groups in total. The van der Waals surface area contributed by atoms with Gasteiger partial charge in [-0.2, -0.15) is 0 Å². The lowest BCUT2D eigenvalue weighted by molar-refractivity contribution is 0.0538. The van der Waals surface area contributed by atoms with Crippen molar-refractivity contribution in [2.75, 3.05) is 20.8 Å². The fourth-order valence-corrected chi connectivity index (χ4v) is 4.11. The van der Waals surface area contributed by atoms with Crippen LogP contribution in [0.2, 0.25) is 0 Å². The Hall–Kier alpha value is -4.53. The molecule has 0 spiro atoms. The van der Waals surface area contributed by atoms with Gasteiger partial charge in [0.2, 0.25) is 0 Å². The van der Waals surface area contributed by atoms with Crippen molar-refractivity contribution in [2.45, 2.75) is 18.4 Å². The van der Waals surface area contributed by atoms with E-state index >= 15 is 0 Å². The van der Waals surface area contributed by atoms with Gasteiger partial charge < -0.3 is 30.0 Å². The van der Waals surface area contributed by atoms with Crippen LogP contribution in [0.3, 0.4) is 0 Å². The zero-order valence-electron chi connectivity index (χ0n) is 19.9. The molecule has 9 heteroatoms. The third-order valence-electron chi connectivity index (χ3n) is 6.15. The number of amides is 2. The molecule has 4 aromatic rings. The lowest BCUT2D eigenvalue weighted by atomic mass is 10.0. The quantitative estimate of drug-likeness (QED) is 0.374. The number of carbonyl (C=O) groups excluding carboxylic acids is 2. The minimum Gasteiger partial charge on any atom is -0.493 e. The van der Waals surface area contributed by atoms with Gasteiger partial charge in [0.15, 0.2) is 11.5 Å². The highest BCUT2D eigenvalue weighted by molar-refractivity contribution is 6.07. The van der Waals surface area contributed by atoms with Crippen LogP contribution in [0.25, 0.3) is 21.7 Å². The summed E-state index contributed by atoms with van der Waals surface area (Å²) in [7, 11) is 3.15. The Bertz CT molecular complexity index is 1480. The number of rotatable bonds is 8. The SMILES string of the molecule is CNC(=O)c1cccc2cc(Oc3ccnc4cc(OCC5(OC(N)=O)CC5)c(OC)cc34)ccc12. The first-order chi connectivity index (χ1) is 17.4. The molecule has 0 aliphatic heterocycles. The maximum Gasteiger partial charge on any atom is 0.405 e. The Balaban J connectivity index is 1.44. The standard InChI is InChI=1S/C27H25N3O6/c1-29-25(31)19-5-3-4-16-12-17(6-7-18(16)19)35-22-8-11-30-21-14-24(23(33-2)13-20(21)22)34-15-27(9-10-27)36-26(28)32/h3-8,11-14H,9-10,15H2,1-2H3,(H2,28,32)(H,29,31). The Morgan fingerprint density at radius 2 is 1.86 bits per heavy atom. The zero-order chi connectivity index (χ0) is 25.3. The van der Waals surface area contributed by atoms with Crippen LogP contribution in [0.15, 0.2) is 60.8 Å². The summed E-state index contributed by atoms with van der Waals surface area (Å²) in [4.78, 5) is 27.8. The minimum atomic E-state index is -0.816. The molecule has 184 valence electrons.